The summed E-state index contributed by atoms with van der Waals surface area (Å²) in [4.78, 5) is 0. The summed E-state index contributed by atoms with van der Waals surface area (Å²) < 4.78 is 0. The van der Waals surface area contributed by atoms with Crippen LogP contribution in [0.4, 0.5) is 0 Å². The first kappa shape index (κ1) is 14.4. The van der Waals surface area contributed by atoms with Crippen LogP contribution in [-0.4, -0.2) is 5.11 Å². The lowest BCUT2D eigenvalue weighted by molar-refractivity contribution is 0.477. The van der Waals surface area contributed by atoms with E-state index in [0.29, 0.717) is 5.75 Å². The predicted octanol–water partition coefficient (Wildman–Crippen LogP) is 5.65. The molecule has 3 aromatic rings. The van der Waals surface area contributed by atoms with Crippen LogP contribution < -0.4 is 0 Å². The fraction of sp³-hybridized carbons (Fsp3) is 0.143. The van der Waals surface area contributed by atoms with Crippen molar-refractivity contribution in [2.24, 2.45) is 0 Å². The van der Waals surface area contributed by atoms with E-state index in [9.17, 15) is 5.11 Å². The van der Waals surface area contributed by atoms with Crippen molar-refractivity contribution in [3.05, 3.63) is 77.4 Å². The van der Waals surface area contributed by atoms with Crippen molar-refractivity contribution in [1.82, 2.24) is 0 Å². The van der Waals surface area contributed by atoms with Gasteiger partial charge in [0.05, 0.1) is 0 Å². The number of aryl methyl sites for hydroxylation is 3. The van der Waals surface area contributed by atoms with Gasteiger partial charge in [0.2, 0.25) is 0 Å². The van der Waals surface area contributed by atoms with Gasteiger partial charge in [-0.3, -0.25) is 0 Å². The van der Waals surface area contributed by atoms with Crippen LogP contribution in [-0.2, 0) is 0 Å². The summed E-state index contributed by atoms with van der Waals surface area (Å²) in [7, 11) is 0. The van der Waals surface area contributed by atoms with Crippen molar-refractivity contribution in [2.75, 3.05) is 0 Å². The van der Waals surface area contributed by atoms with Gasteiger partial charge in [-0.2, -0.15) is 0 Å². The van der Waals surface area contributed by atoms with Gasteiger partial charge in [-0.15, -0.1) is 0 Å². The number of phenols is 1. The van der Waals surface area contributed by atoms with E-state index in [1.54, 1.807) is 6.07 Å². The highest BCUT2D eigenvalue weighted by molar-refractivity contribution is 5.89. The lowest BCUT2D eigenvalue weighted by atomic mass is 9.89. The molecule has 0 fully saturated rings. The molecule has 0 bridgehead atoms. The zero-order valence-corrected chi connectivity index (χ0v) is 13.2. The van der Waals surface area contributed by atoms with Crippen molar-refractivity contribution < 1.29 is 5.11 Å². The van der Waals surface area contributed by atoms with Gasteiger partial charge in [0.25, 0.3) is 0 Å². The standard InChI is InChI=1S/C21H20O/c1-14-6-4-8-17(12-14)20-16(3)10-11-19(22)21(20)18-9-5-7-15(2)13-18/h4-13,22H,1-3H3. The van der Waals surface area contributed by atoms with Gasteiger partial charge in [-0.25, -0.2) is 0 Å². The lowest BCUT2D eigenvalue weighted by Gasteiger charge is -2.16. The molecule has 0 saturated heterocycles. The minimum Gasteiger partial charge on any atom is -0.507 e. The summed E-state index contributed by atoms with van der Waals surface area (Å²) in [5, 5.41) is 10.5. The Morgan fingerprint density at radius 2 is 1.18 bits per heavy atom. The van der Waals surface area contributed by atoms with E-state index in [-0.39, 0.29) is 0 Å². The number of phenolic OH excluding ortho intramolecular Hbond substituents is 1. The number of rotatable bonds is 2. The maximum absolute atomic E-state index is 10.5. The molecule has 3 rings (SSSR count). The lowest BCUT2D eigenvalue weighted by Crippen LogP contribution is -1.91. The second-order valence-corrected chi connectivity index (χ2v) is 5.89. The third-order valence-electron chi connectivity index (χ3n) is 4.01. The van der Waals surface area contributed by atoms with E-state index in [4.69, 9.17) is 0 Å². The second-order valence-electron chi connectivity index (χ2n) is 5.89. The van der Waals surface area contributed by atoms with Crippen molar-refractivity contribution in [3.63, 3.8) is 0 Å². The molecule has 0 amide bonds. The molecule has 1 N–H and O–H groups in total. The molecule has 0 heterocycles. The number of hydrogen-bond acceptors (Lipinski definition) is 1. The van der Waals surface area contributed by atoms with Crippen LogP contribution in [0.1, 0.15) is 16.7 Å². The Balaban J connectivity index is 2.33. The zero-order chi connectivity index (χ0) is 15.7. The largest absolute Gasteiger partial charge is 0.507 e. The highest BCUT2D eigenvalue weighted by Gasteiger charge is 2.15. The molecule has 0 saturated carbocycles. The summed E-state index contributed by atoms with van der Waals surface area (Å²) >= 11 is 0. The smallest absolute Gasteiger partial charge is 0.124 e. The molecule has 22 heavy (non-hydrogen) atoms. The highest BCUT2D eigenvalue weighted by atomic mass is 16.3. The molecule has 3 aromatic carbocycles. The molecule has 0 radical (unpaired) electrons. The normalized spacial score (nSPS) is 10.7. The summed E-state index contributed by atoms with van der Waals surface area (Å²) in [5.41, 5.74) is 7.79. The molecule has 0 aliphatic rings. The Hall–Kier alpha value is -2.54. The monoisotopic (exact) mass is 288 g/mol. The van der Waals surface area contributed by atoms with E-state index in [1.807, 2.05) is 12.1 Å². The Morgan fingerprint density at radius 1 is 0.636 bits per heavy atom. The number of aromatic hydroxyl groups is 1. The van der Waals surface area contributed by atoms with Crippen LogP contribution in [0, 0.1) is 20.8 Å². The fourth-order valence-electron chi connectivity index (χ4n) is 2.96. The molecular formula is C21H20O. The Labute approximate surface area is 131 Å². The molecule has 0 atom stereocenters. The first-order valence-corrected chi connectivity index (χ1v) is 7.53. The second kappa shape index (κ2) is 5.69. The van der Waals surface area contributed by atoms with Crippen LogP contribution >= 0.6 is 0 Å². The molecule has 1 nitrogen and oxygen atoms in total. The van der Waals surface area contributed by atoms with Crippen molar-refractivity contribution in [3.8, 4) is 28.0 Å². The van der Waals surface area contributed by atoms with Crippen LogP contribution in [0.15, 0.2) is 60.7 Å². The van der Waals surface area contributed by atoms with Gasteiger partial charge in [-0.1, -0.05) is 65.7 Å². The molecule has 0 aromatic heterocycles. The van der Waals surface area contributed by atoms with Crippen molar-refractivity contribution in [1.29, 1.82) is 0 Å². The maximum Gasteiger partial charge on any atom is 0.124 e. The maximum atomic E-state index is 10.5. The molecule has 0 aliphatic carbocycles. The molecule has 1 heteroatoms. The molecule has 0 unspecified atom stereocenters. The first-order valence-electron chi connectivity index (χ1n) is 7.53. The predicted molar refractivity (Wildman–Crippen MR) is 93.2 cm³/mol. The van der Waals surface area contributed by atoms with Crippen molar-refractivity contribution >= 4 is 0 Å². The average Bonchev–Trinajstić information content (AvgIpc) is 2.49. The van der Waals surface area contributed by atoms with Gasteiger partial charge in [0.1, 0.15) is 5.75 Å². The van der Waals surface area contributed by atoms with E-state index >= 15 is 0 Å². The summed E-state index contributed by atoms with van der Waals surface area (Å²) in [6.45, 7) is 6.26. The van der Waals surface area contributed by atoms with Gasteiger partial charge >= 0.3 is 0 Å². The van der Waals surface area contributed by atoms with Crippen LogP contribution in [0.2, 0.25) is 0 Å². The first-order chi connectivity index (χ1) is 10.6. The molecule has 110 valence electrons. The summed E-state index contributed by atoms with van der Waals surface area (Å²) in [5.74, 6) is 0.327. The van der Waals surface area contributed by atoms with E-state index in [2.05, 4.69) is 63.2 Å². The number of benzene rings is 3. The van der Waals surface area contributed by atoms with Crippen LogP contribution in [0.5, 0.6) is 5.75 Å². The number of hydrogen-bond donors (Lipinski definition) is 1. The van der Waals surface area contributed by atoms with Gasteiger partial charge < -0.3 is 5.11 Å². The van der Waals surface area contributed by atoms with Gasteiger partial charge in [0.15, 0.2) is 0 Å². The molecular weight excluding hydrogens is 268 g/mol. The molecule has 0 spiro atoms. The Morgan fingerprint density at radius 3 is 1.73 bits per heavy atom. The van der Waals surface area contributed by atoms with Crippen LogP contribution in [0.25, 0.3) is 22.3 Å². The van der Waals surface area contributed by atoms with E-state index in [0.717, 1.165) is 22.3 Å². The third-order valence-corrected chi connectivity index (χ3v) is 4.01. The van der Waals surface area contributed by atoms with Crippen molar-refractivity contribution in [2.45, 2.75) is 20.8 Å². The average molecular weight is 288 g/mol. The van der Waals surface area contributed by atoms with Gasteiger partial charge in [-0.05, 0) is 49.1 Å². The molecule has 0 aliphatic heterocycles. The SMILES string of the molecule is Cc1cccc(-c2c(C)ccc(O)c2-c2cccc(C)c2)c1. The quantitative estimate of drug-likeness (QED) is 0.646. The fourth-order valence-corrected chi connectivity index (χ4v) is 2.96. The third kappa shape index (κ3) is 2.62. The Kier molecular flexibility index (Phi) is 3.72. The van der Waals surface area contributed by atoms with Gasteiger partial charge in [0, 0.05) is 5.56 Å². The topological polar surface area (TPSA) is 20.2 Å². The van der Waals surface area contributed by atoms with E-state index in [1.165, 1.54) is 16.7 Å². The minimum absolute atomic E-state index is 0.327. The zero-order valence-electron chi connectivity index (χ0n) is 13.2. The highest BCUT2D eigenvalue weighted by Crippen LogP contribution is 2.41. The Bertz CT molecular complexity index is 761. The van der Waals surface area contributed by atoms with Crippen LogP contribution in [0.3, 0.4) is 0 Å². The van der Waals surface area contributed by atoms with E-state index < -0.39 is 0 Å². The summed E-state index contributed by atoms with van der Waals surface area (Å²) in [6.07, 6.45) is 0. The minimum atomic E-state index is 0.327. The summed E-state index contributed by atoms with van der Waals surface area (Å²) in [6, 6.07) is 20.5.